The quantitative estimate of drug-likeness (QED) is 0.869. The van der Waals surface area contributed by atoms with E-state index < -0.39 is 0 Å². The highest BCUT2D eigenvalue weighted by Gasteiger charge is 2.42. The third-order valence-electron chi connectivity index (χ3n) is 3.93. The van der Waals surface area contributed by atoms with E-state index in [2.05, 4.69) is 27.3 Å². The second-order valence-electron chi connectivity index (χ2n) is 5.30. The Labute approximate surface area is 117 Å². The van der Waals surface area contributed by atoms with E-state index >= 15 is 0 Å². The summed E-state index contributed by atoms with van der Waals surface area (Å²) in [5, 5.41) is 17.7. The molecule has 2 N–H and O–H groups in total. The van der Waals surface area contributed by atoms with E-state index in [1.165, 1.54) is 0 Å². The first-order valence-electron chi connectivity index (χ1n) is 6.87. The van der Waals surface area contributed by atoms with Crippen molar-refractivity contribution in [2.24, 2.45) is 0 Å². The van der Waals surface area contributed by atoms with Crippen molar-refractivity contribution in [1.29, 1.82) is 0 Å². The maximum absolute atomic E-state index is 9.96. The van der Waals surface area contributed by atoms with Crippen LogP contribution >= 0.6 is 0 Å². The summed E-state index contributed by atoms with van der Waals surface area (Å²) >= 11 is 0. The van der Waals surface area contributed by atoms with Crippen molar-refractivity contribution in [1.82, 2.24) is 25.1 Å². The number of aliphatic hydroxyl groups excluding tert-OH is 1. The monoisotopic (exact) mass is 273 g/mol. The fourth-order valence-corrected chi connectivity index (χ4v) is 2.84. The number of nitrogens with zero attached hydrogens (tertiary/aromatic N) is 4. The Kier molecular flexibility index (Phi) is 3.50. The van der Waals surface area contributed by atoms with Crippen LogP contribution in [0.3, 0.4) is 0 Å². The maximum atomic E-state index is 9.96. The van der Waals surface area contributed by atoms with E-state index in [-0.39, 0.29) is 24.2 Å². The van der Waals surface area contributed by atoms with E-state index in [1.807, 2.05) is 23.9 Å². The molecule has 6 heteroatoms. The molecule has 4 atom stereocenters. The summed E-state index contributed by atoms with van der Waals surface area (Å²) in [5.74, 6) is 0. The van der Waals surface area contributed by atoms with E-state index in [4.69, 9.17) is 0 Å². The third-order valence-corrected chi connectivity index (χ3v) is 3.93. The van der Waals surface area contributed by atoms with Gasteiger partial charge >= 0.3 is 0 Å². The summed E-state index contributed by atoms with van der Waals surface area (Å²) in [7, 11) is 0. The highest BCUT2D eigenvalue weighted by molar-refractivity contribution is 5.14. The lowest BCUT2D eigenvalue weighted by molar-refractivity contribution is -0.0112. The van der Waals surface area contributed by atoms with E-state index in [0.29, 0.717) is 0 Å². The molecule has 0 spiro atoms. The van der Waals surface area contributed by atoms with Crippen molar-refractivity contribution in [3.8, 4) is 0 Å². The lowest BCUT2D eigenvalue weighted by atomic mass is 9.82. The Balaban J connectivity index is 1.71. The number of aliphatic hydroxyl groups is 1. The highest BCUT2D eigenvalue weighted by Crippen LogP contribution is 2.33. The number of rotatable bonds is 4. The lowest BCUT2D eigenvalue weighted by Crippen LogP contribution is -2.55. The summed E-state index contributed by atoms with van der Waals surface area (Å²) in [6, 6.07) is 2.16. The van der Waals surface area contributed by atoms with Gasteiger partial charge in [0.05, 0.1) is 23.5 Å². The van der Waals surface area contributed by atoms with Gasteiger partial charge in [-0.25, -0.2) is 0 Å². The van der Waals surface area contributed by atoms with Crippen LogP contribution < -0.4 is 5.32 Å². The van der Waals surface area contributed by atoms with Gasteiger partial charge < -0.3 is 10.4 Å². The van der Waals surface area contributed by atoms with Gasteiger partial charge in [-0.05, 0) is 26.3 Å². The number of aromatic nitrogens is 4. The van der Waals surface area contributed by atoms with Crippen molar-refractivity contribution in [3.05, 3.63) is 42.2 Å². The first kappa shape index (κ1) is 13.2. The van der Waals surface area contributed by atoms with Crippen molar-refractivity contribution < 1.29 is 5.11 Å². The summed E-state index contributed by atoms with van der Waals surface area (Å²) in [6.45, 7) is 4.03. The largest absolute Gasteiger partial charge is 0.391 e. The minimum absolute atomic E-state index is 0.00979. The van der Waals surface area contributed by atoms with Gasteiger partial charge in [0.1, 0.15) is 0 Å². The molecule has 1 saturated carbocycles. The van der Waals surface area contributed by atoms with E-state index in [1.54, 1.807) is 18.6 Å². The molecule has 6 nitrogen and oxygen atoms in total. The Bertz CT molecular complexity index is 571. The lowest BCUT2D eigenvalue weighted by Gasteiger charge is -2.43. The SMILES string of the molecule is Cc1nccnc1C(C)N[C@H]1C[C@@H](O)[C@@H]1n1cccn1. The molecule has 0 saturated heterocycles. The second-order valence-corrected chi connectivity index (χ2v) is 5.30. The van der Waals surface area contributed by atoms with Crippen LogP contribution in [0.2, 0.25) is 0 Å². The molecular formula is C14H19N5O. The fraction of sp³-hybridized carbons (Fsp3) is 0.500. The van der Waals surface area contributed by atoms with Crippen molar-refractivity contribution >= 4 is 0 Å². The molecular weight excluding hydrogens is 254 g/mol. The van der Waals surface area contributed by atoms with Crippen LogP contribution in [0.4, 0.5) is 0 Å². The Morgan fingerprint density at radius 3 is 2.80 bits per heavy atom. The first-order valence-corrected chi connectivity index (χ1v) is 6.87. The average Bonchev–Trinajstić information content (AvgIpc) is 2.91. The van der Waals surface area contributed by atoms with Crippen LogP contribution in [-0.4, -0.2) is 37.0 Å². The molecule has 3 rings (SSSR count). The third kappa shape index (κ3) is 2.32. The normalized spacial score (nSPS) is 27.1. The van der Waals surface area contributed by atoms with Gasteiger partial charge in [-0.1, -0.05) is 0 Å². The number of hydrogen-bond donors (Lipinski definition) is 2. The molecule has 0 amide bonds. The van der Waals surface area contributed by atoms with Gasteiger partial charge in [-0.2, -0.15) is 5.10 Å². The van der Waals surface area contributed by atoms with E-state index in [9.17, 15) is 5.11 Å². The first-order chi connectivity index (χ1) is 9.66. The summed E-state index contributed by atoms with van der Waals surface area (Å²) in [4.78, 5) is 8.65. The smallest absolute Gasteiger partial charge is 0.0932 e. The summed E-state index contributed by atoms with van der Waals surface area (Å²) in [5.41, 5.74) is 1.89. The molecule has 106 valence electrons. The van der Waals surface area contributed by atoms with Gasteiger partial charge in [0.15, 0.2) is 0 Å². The molecule has 20 heavy (non-hydrogen) atoms. The van der Waals surface area contributed by atoms with Crippen molar-refractivity contribution in [2.75, 3.05) is 0 Å². The predicted octanol–water partition coefficient (Wildman–Crippen LogP) is 1.01. The average molecular weight is 273 g/mol. The van der Waals surface area contributed by atoms with Crippen molar-refractivity contribution in [2.45, 2.75) is 44.5 Å². The molecule has 0 aliphatic heterocycles. The van der Waals surface area contributed by atoms with Crippen LogP contribution in [0.15, 0.2) is 30.9 Å². The standard InChI is InChI=1S/C14H19N5O/c1-9-13(16-6-5-15-9)10(2)18-11-8-12(20)14(11)19-7-3-4-17-19/h3-7,10-12,14,18,20H,8H2,1-2H3/t10?,11-,12+,14+/m0/s1. The van der Waals surface area contributed by atoms with Crippen LogP contribution in [-0.2, 0) is 0 Å². The molecule has 2 heterocycles. The van der Waals surface area contributed by atoms with Crippen LogP contribution in [0.5, 0.6) is 0 Å². The van der Waals surface area contributed by atoms with E-state index in [0.717, 1.165) is 17.8 Å². The zero-order valence-corrected chi connectivity index (χ0v) is 11.6. The predicted molar refractivity (Wildman–Crippen MR) is 74.0 cm³/mol. The number of nitrogens with one attached hydrogen (secondary N) is 1. The molecule has 2 aromatic heterocycles. The van der Waals surface area contributed by atoms with Crippen molar-refractivity contribution in [3.63, 3.8) is 0 Å². The maximum Gasteiger partial charge on any atom is 0.0932 e. The summed E-state index contributed by atoms with van der Waals surface area (Å²) in [6.07, 6.45) is 7.42. The Morgan fingerprint density at radius 2 is 2.15 bits per heavy atom. The number of aryl methyl sites for hydroxylation is 1. The minimum atomic E-state index is -0.345. The topological polar surface area (TPSA) is 75.9 Å². The number of hydrogen-bond acceptors (Lipinski definition) is 5. The molecule has 1 fully saturated rings. The van der Waals surface area contributed by atoms with Crippen LogP contribution in [0.1, 0.15) is 36.8 Å². The zero-order valence-electron chi connectivity index (χ0n) is 11.6. The Hall–Kier alpha value is -1.79. The molecule has 0 radical (unpaired) electrons. The van der Waals surface area contributed by atoms with Gasteiger partial charge in [0.2, 0.25) is 0 Å². The molecule has 1 unspecified atom stereocenters. The molecule has 0 aromatic carbocycles. The molecule has 0 bridgehead atoms. The Morgan fingerprint density at radius 1 is 1.35 bits per heavy atom. The molecule has 2 aromatic rings. The minimum Gasteiger partial charge on any atom is -0.391 e. The second kappa shape index (κ2) is 5.30. The molecule has 1 aliphatic rings. The highest BCUT2D eigenvalue weighted by atomic mass is 16.3. The van der Waals surface area contributed by atoms with Crippen LogP contribution in [0, 0.1) is 6.92 Å². The molecule has 1 aliphatic carbocycles. The van der Waals surface area contributed by atoms with Gasteiger partial charge in [-0.3, -0.25) is 14.6 Å². The fourth-order valence-electron chi connectivity index (χ4n) is 2.84. The zero-order chi connectivity index (χ0) is 14.1. The van der Waals surface area contributed by atoms with Crippen LogP contribution in [0.25, 0.3) is 0 Å². The van der Waals surface area contributed by atoms with Gasteiger partial charge in [0.25, 0.3) is 0 Å². The summed E-state index contributed by atoms with van der Waals surface area (Å²) < 4.78 is 1.82. The van der Waals surface area contributed by atoms with Gasteiger partial charge in [-0.15, -0.1) is 0 Å². The van der Waals surface area contributed by atoms with Gasteiger partial charge in [0, 0.05) is 36.9 Å².